The summed E-state index contributed by atoms with van der Waals surface area (Å²) < 4.78 is 10.9. The van der Waals surface area contributed by atoms with Gasteiger partial charge in [-0.05, 0) is 42.6 Å². The van der Waals surface area contributed by atoms with Gasteiger partial charge < -0.3 is 14.8 Å². The first kappa shape index (κ1) is 16.3. The molecule has 0 atom stereocenters. The van der Waals surface area contributed by atoms with Gasteiger partial charge in [-0.25, -0.2) is 0 Å². The number of halogens is 1. The number of benzene rings is 1. The number of rotatable bonds is 9. The molecule has 0 saturated heterocycles. The van der Waals surface area contributed by atoms with Crippen LogP contribution >= 0.6 is 11.6 Å². The molecule has 0 aliphatic heterocycles. The smallest absolute Gasteiger partial charge is 0.122 e. The van der Waals surface area contributed by atoms with E-state index in [1.165, 1.54) is 0 Å². The minimum Gasteiger partial charge on any atom is -0.496 e. The average molecular weight is 286 g/mol. The minimum atomic E-state index is 0.677. The first-order valence-corrected chi connectivity index (χ1v) is 7.12. The Bertz CT molecular complexity index is 369. The summed E-state index contributed by atoms with van der Waals surface area (Å²) in [4.78, 5) is 0. The summed E-state index contributed by atoms with van der Waals surface area (Å²) in [5, 5.41) is 4.08. The third-order valence-corrected chi connectivity index (χ3v) is 2.97. The lowest BCUT2D eigenvalue weighted by Gasteiger charge is -2.10. The Morgan fingerprint density at radius 2 is 2.05 bits per heavy atom. The number of ether oxygens (including phenoxy) is 2. The second-order valence-electron chi connectivity index (χ2n) is 4.92. The van der Waals surface area contributed by atoms with E-state index in [1.54, 1.807) is 7.11 Å². The molecule has 0 bridgehead atoms. The van der Waals surface area contributed by atoms with Crippen molar-refractivity contribution in [3.8, 4) is 5.75 Å². The number of hydrogen-bond acceptors (Lipinski definition) is 3. The van der Waals surface area contributed by atoms with Gasteiger partial charge in [0.1, 0.15) is 5.75 Å². The Morgan fingerprint density at radius 3 is 2.74 bits per heavy atom. The van der Waals surface area contributed by atoms with Crippen LogP contribution in [0.5, 0.6) is 5.75 Å². The van der Waals surface area contributed by atoms with Gasteiger partial charge in [-0.2, -0.15) is 0 Å². The monoisotopic (exact) mass is 285 g/mol. The summed E-state index contributed by atoms with van der Waals surface area (Å²) in [6.07, 6.45) is 0.813. The fraction of sp³-hybridized carbons (Fsp3) is 0.600. The van der Waals surface area contributed by atoms with Gasteiger partial charge in [-0.3, -0.25) is 0 Å². The lowest BCUT2D eigenvalue weighted by molar-refractivity contribution is 0.138. The van der Waals surface area contributed by atoms with Crippen molar-refractivity contribution >= 4 is 11.6 Å². The van der Waals surface area contributed by atoms with E-state index in [9.17, 15) is 0 Å². The van der Waals surface area contributed by atoms with E-state index < -0.39 is 0 Å². The van der Waals surface area contributed by atoms with Crippen LogP contribution in [0.25, 0.3) is 0 Å². The molecule has 0 heterocycles. The van der Waals surface area contributed by atoms with Crippen LogP contribution in [0.3, 0.4) is 0 Å². The maximum absolute atomic E-state index is 5.98. The van der Waals surface area contributed by atoms with Crippen molar-refractivity contribution in [1.29, 1.82) is 0 Å². The third kappa shape index (κ3) is 6.81. The van der Waals surface area contributed by atoms with E-state index in [4.69, 9.17) is 21.1 Å². The van der Waals surface area contributed by atoms with Gasteiger partial charge in [0, 0.05) is 11.6 Å². The van der Waals surface area contributed by atoms with Crippen LogP contribution in [0.2, 0.25) is 5.02 Å². The highest BCUT2D eigenvalue weighted by molar-refractivity contribution is 6.30. The van der Waals surface area contributed by atoms with E-state index in [1.807, 2.05) is 18.2 Å². The Morgan fingerprint density at radius 1 is 1.26 bits per heavy atom. The molecule has 0 aromatic heterocycles. The van der Waals surface area contributed by atoms with Crippen molar-refractivity contribution in [1.82, 2.24) is 5.32 Å². The molecule has 0 saturated carbocycles. The van der Waals surface area contributed by atoms with Gasteiger partial charge >= 0.3 is 0 Å². The summed E-state index contributed by atoms with van der Waals surface area (Å²) in [6, 6.07) is 5.66. The van der Waals surface area contributed by atoms with Crippen molar-refractivity contribution in [3.63, 3.8) is 0 Å². The van der Waals surface area contributed by atoms with Gasteiger partial charge in [0.2, 0.25) is 0 Å². The van der Waals surface area contributed by atoms with E-state index in [-0.39, 0.29) is 0 Å². The van der Waals surface area contributed by atoms with Crippen LogP contribution in [-0.2, 0) is 11.2 Å². The van der Waals surface area contributed by atoms with Crippen LogP contribution in [0, 0.1) is 5.92 Å². The lowest BCUT2D eigenvalue weighted by atomic mass is 10.1. The zero-order valence-corrected chi connectivity index (χ0v) is 12.8. The van der Waals surface area contributed by atoms with Crippen molar-refractivity contribution in [2.75, 3.05) is 33.4 Å². The summed E-state index contributed by atoms with van der Waals surface area (Å²) >= 11 is 5.98. The molecule has 0 aliphatic rings. The van der Waals surface area contributed by atoms with E-state index in [0.717, 1.165) is 42.5 Å². The van der Waals surface area contributed by atoms with Crippen LogP contribution in [-0.4, -0.2) is 33.4 Å². The fourth-order valence-electron chi connectivity index (χ4n) is 1.76. The molecule has 1 N–H and O–H groups in total. The van der Waals surface area contributed by atoms with Gasteiger partial charge in [-0.15, -0.1) is 0 Å². The highest BCUT2D eigenvalue weighted by atomic mass is 35.5. The molecule has 3 nitrogen and oxygen atoms in total. The molecule has 1 rings (SSSR count). The normalized spacial score (nSPS) is 11.0. The second-order valence-corrected chi connectivity index (χ2v) is 5.35. The standard InChI is InChI=1S/C15H24ClNO2/c1-12(2)11-17-7-9-19-8-6-13-10-14(16)4-5-15(13)18-3/h4-5,10,12,17H,6-9,11H2,1-3H3. The molecular formula is C15H24ClNO2. The van der Waals surface area contributed by atoms with Crippen molar-refractivity contribution in [2.24, 2.45) is 5.92 Å². The predicted octanol–water partition coefficient (Wildman–Crippen LogP) is 3.15. The van der Waals surface area contributed by atoms with Gasteiger partial charge in [-0.1, -0.05) is 25.4 Å². The maximum atomic E-state index is 5.98. The Labute approximate surface area is 121 Å². The molecule has 1 aromatic rings. The quantitative estimate of drug-likeness (QED) is 0.707. The molecule has 1 aromatic carbocycles. The first-order valence-electron chi connectivity index (χ1n) is 6.74. The van der Waals surface area contributed by atoms with E-state index in [2.05, 4.69) is 19.2 Å². The summed E-state index contributed by atoms with van der Waals surface area (Å²) in [6.45, 7) is 7.73. The summed E-state index contributed by atoms with van der Waals surface area (Å²) in [5.41, 5.74) is 1.09. The van der Waals surface area contributed by atoms with Gasteiger partial charge in [0.05, 0.1) is 20.3 Å². The highest BCUT2D eigenvalue weighted by Gasteiger charge is 2.03. The van der Waals surface area contributed by atoms with Gasteiger partial charge in [0.15, 0.2) is 0 Å². The van der Waals surface area contributed by atoms with E-state index >= 15 is 0 Å². The zero-order valence-electron chi connectivity index (χ0n) is 12.0. The summed E-state index contributed by atoms with van der Waals surface area (Å²) in [5.74, 6) is 1.54. The Balaban J connectivity index is 2.20. The molecule has 0 unspecified atom stereocenters. The highest BCUT2D eigenvalue weighted by Crippen LogP contribution is 2.22. The van der Waals surface area contributed by atoms with Crippen molar-refractivity contribution in [3.05, 3.63) is 28.8 Å². The second kappa shape index (κ2) is 9.18. The van der Waals surface area contributed by atoms with Crippen LogP contribution in [0.4, 0.5) is 0 Å². The molecule has 19 heavy (non-hydrogen) atoms. The molecule has 0 radical (unpaired) electrons. The average Bonchev–Trinajstić information content (AvgIpc) is 2.37. The van der Waals surface area contributed by atoms with Gasteiger partial charge in [0.25, 0.3) is 0 Å². The molecule has 0 spiro atoms. The van der Waals surface area contributed by atoms with E-state index in [0.29, 0.717) is 12.5 Å². The minimum absolute atomic E-state index is 0.677. The largest absolute Gasteiger partial charge is 0.496 e. The topological polar surface area (TPSA) is 30.5 Å². The summed E-state index contributed by atoms with van der Waals surface area (Å²) in [7, 11) is 1.67. The predicted molar refractivity (Wildman–Crippen MR) is 80.2 cm³/mol. The molecule has 0 aliphatic carbocycles. The molecule has 108 valence electrons. The third-order valence-electron chi connectivity index (χ3n) is 2.73. The maximum Gasteiger partial charge on any atom is 0.122 e. The molecule has 0 amide bonds. The zero-order chi connectivity index (χ0) is 14.1. The number of nitrogens with one attached hydrogen (secondary N) is 1. The van der Waals surface area contributed by atoms with Crippen molar-refractivity contribution < 1.29 is 9.47 Å². The number of hydrogen-bond donors (Lipinski definition) is 1. The van der Waals surface area contributed by atoms with Crippen LogP contribution in [0.1, 0.15) is 19.4 Å². The number of methoxy groups -OCH3 is 1. The van der Waals surface area contributed by atoms with Crippen LogP contribution in [0.15, 0.2) is 18.2 Å². The molecule has 4 heteroatoms. The SMILES string of the molecule is COc1ccc(Cl)cc1CCOCCNCC(C)C. The Kier molecular flexibility index (Phi) is 7.87. The first-order chi connectivity index (χ1) is 9.13. The molecule has 0 fully saturated rings. The van der Waals surface area contributed by atoms with Crippen molar-refractivity contribution in [2.45, 2.75) is 20.3 Å². The lowest BCUT2D eigenvalue weighted by Crippen LogP contribution is -2.24. The Hall–Kier alpha value is -0.770. The fourth-order valence-corrected chi connectivity index (χ4v) is 1.96. The molecular weight excluding hydrogens is 262 g/mol. The van der Waals surface area contributed by atoms with Crippen LogP contribution < -0.4 is 10.1 Å².